The van der Waals surface area contributed by atoms with Crippen LogP contribution in [0.15, 0.2) is 4.99 Å². The first-order valence-electron chi connectivity index (χ1n) is 5.19. The number of aliphatic imine (C=N–C) groups is 1. The molecule has 0 radical (unpaired) electrons. The summed E-state index contributed by atoms with van der Waals surface area (Å²) in [5.74, 6) is 5.19. The maximum Gasteiger partial charge on any atom is 0.406 e. The summed E-state index contributed by atoms with van der Waals surface area (Å²) in [5.41, 5.74) is 2.19. The van der Waals surface area contributed by atoms with Crippen molar-refractivity contribution in [3.05, 3.63) is 0 Å². The Morgan fingerprint density at radius 2 is 2.12 bits per heavy atom. The predicted molar refractivity (Wildman–Crippen MR) is 59.4 cm³/mol. The second-order valence-corrected chi connectivity index (χ2v) is 3.53. The van der Waals surface area contributed by atoms with Gasteiger partial charge in [-0.3, -0.25) is 5.43 Å². The molecule has 102 valence electrons. The lowest BCUT2D eigenvalue weighted by Gasteiger charge is -2.25. The van der Waals surface area contributed by atoms with Crippen LogP contribution in [0.25, 0.3) is 0 Å². The zero-order valence-electron chi connectivity index (χ0n) is 10.2. The Bertz CT molecular complexity index is 245. The number of nitrogens with zero attached hydrogens (tertiary/aromatic N) is 2. The molecule has 0 heterocycles. The van der Waals surface area contributed by atoms with Gasteiger partial charge in [0.15, 0.2) is 0 Å². The molecule has 3 N–H and O–H groups in total. The van der Waals surface area contributed by atoms with Gasteiger partial charge in [-0.1, -0.05) is 0 Å². The number of guanidine groups is 1. The zero-order chi connectivity index (χ0) is 13.5. The Labute approximate surface area is 98.8 Å². The van der Waals surface area contributed by atoms with Crippen LogP contribution in [0, 0.1) is 0 Å². The third-order valence-corrected chi connectivity index (χ3v) is 1.93. The number of hydrazine groups is 1. The van der Waals surface area contributed by atoms with Crippen molar-refractivity contribution in [2.24, 2.45) is 10.8 Å². The molecule has 0 aromatic heterocycles. The van der Waals surface area contributed by atoms with E-state index in [4.69, 9.17) is 10.6 Å². The van der Waals surface area contributed by atoms with Crippen LogP contribution in [0.3, 0.4) is 0 Å². The molecule has 0 saturated heterocycles. The molecule has 0 aromatic carbocycles. The van der Waals surface area contributed by atoms with E-state index in [2.05, 4.69) is 10.4 Å². The van der Waals surface area contributed by atoms with E-state index in [-0.39, 0.29) is 18.5 Å². The van der Waals surface area contributed by atoms with Gasteiger partial charge in [0.05, 0.1) is 12.6 Å². The van der Waals surface area contributed by atoms with Crippen molar-refractivity contribution >= 4 is 5.96 Å². The normalized spacial score (nSPS) is 14.6. The Kier molecular flexibility index (Phi) is 6.89. The summed E-state index contributed by atoms with van der Waals surface area (Å²) in [5, 5.41) is 0. The van der Waals surface area contributed by atoms with Crippen LogP contribution < -0.4 is 11.3 Å². The van der Waals surface area contributed by atoms with Gasteiger partial charge >= 0.3 is 6.18 Å². The van der Waals surface area contributed by atoms with Gasteiger partial charge in [0.2, 0.25) is 5.96 Å². The summed E-state index contributed by atoms with van der Waals surface area (Å²) in [6.07, 6.45) is -4.29. The monoisotopic (exact) mass is 256 g/mol. The fraction of sp³-hybridized carbons (Fsp3) is 0.889. The predicted octanol–water partition coefficient (Wildman–Crippen LogP) is 0.725. The molecular formula is C9H19F3N4O. The molecule has 8 heteroatoms. The average molecular weight is 256 g/mol. The number of hydrogen-bond donors (Lipinski definition) is 2. The van der Waals surface area contributed by atoms with E-state index in [1.54, 1.807) is 13.8 Å². The fourth-order valence-corrected chi connectivity index (χ4v) is 1.25. The van der Waals surface area contributed by atoms with Crippen LogP contribution in [0.1, 0.15) is 13.8 Å². The number of methoxy groups -OCH3 is 1. The highest BCUT2D eigenvalue weighted by Gasteiger charge is 2.31. The van der Waals surface area contributed by atoms with Crippen LogP contribution in [0.2, 0.25) is 0 Å². The Hall–Kier alpha value is -1.02. The molecule has 0 aliphatic rings. The van der Waals surface area contributed by atoms with E-state index in [9.17, 15) is 13.2 Å². The zero-order valence-corrected chi connectivity index (χ0v) is 10.2. The van der Waals surface area contributed by atoms with Crippen LogP contribution in [0.5, 0.6) is 0 Å². The van der Waals surface area contributed by atoms with Gasteiger partial charge in [-0.05, 0) is 13.8 Å². The minimum atomic E-state index is -4.29. The molecule has 1 unspecified atom stereocenters. The third kappa shape index (κ3) is 7.01. The lowest BCUT2D eigenvalue weighted by molar-refractivity contribution is -0.137. The average Bonchev–Trinajstić information content (AvgIpc) is 2.22. The van der Waals surface area contributed by atoms with Crippen LogP contribution >= 0.6 is 0 Å². The smallest absolute Gasteiger partial charge is 0.382 e. The van der Waals surface area contributed by atoms with Crippen molar-refractivity contribution in [2.75, 3.05) is 26.8 Å². The van der Waals surface area contributed by atoms with E-state index in [1.807, 2.05) is 0 Å². The molecule has 17 heavy (non-hydrogen) atoms. The minimum absolute atomic E-state index is 0.00868. The molecule has 0 fully saturated rings. The van der Waals surface area contributed by atoms with Gasteiger partial charge in [0.1, 0.15) is 6.54 Å². The highest BCUT2D eigenvalue weighted by Crippen LogP contribution is 2.16. The quantitative estimate of drug-likeness (QED) is 0.329. The van der Waals surface area contributed by atoms with Gasteiger partial charge < -0.3 is 9.64 Å². The van der Waals surface area contributed by atoms with Gasteiger partial charge in [-0.2, -0.15) is 13.2 Å². The molecule has 0 rings (SSSR count). The summed E-state index contributed by atoms with van der Waals surface area (Å²) in [6, 6.07) is -0.270. The van der Waals surface area contributed by atoms with Crippen molar-refractivity contribution in [1.82, 2.24) is 10.3 Å². The van der Waals surface area contributed by atoms with Crippen LogP contribution in [0.4, 0.5) is 13.2 Å². The summed E-state index contributed by atoms with van der Waals surface area (Å²) < 4.78 is 41.7. The van der Waals surface area contributed by atoms with E-state index in [0.717, 1.165) is 4.90 Å². The summed E-state index contributed by atoms with van der Waals surface area (Å²) in [4.78, 5) is 5.04. The van der Waals surface area contributed by atoms with Crippen molar-refractivity contribution in [3.8, 4) is 0 Å². The first-order valence-corrected chi connectivity index (χ1v) is 5.19. The van der Waals surface area contributed by atoms with Crippen molar-refractivity contribution in [2.45, 2.75) is 26.1 Å². The van der Waals surface area contributed by atoms with Crippen molar-refractivity contribution < 1.29 is 17.9 Å². The summed E-state index contributed by atoms with van der Waals surface area (Å²) >= 11 is 0. The number of rotatable bonds is 5. The molecule has 0 spiro atoms. The number of nitrogens with one attached hydrogen (secondary N) is 1. The molecule has 1 atom stereocenters. The lowest BCUT2D eigenvalue weighted by Crippen LogP contribution is -2.48. The number of halogens is 3. The minimum Gasteiger partial charge on any atom is -0.382 e. The van der Waals surface area contributed by atoms with Crippen molar-refractivity contribution in [1.29, 1.82) is 0 Å². The first-order chi connectivity index (χ1) is 7.84. The first kappa shape index (κ1) is 16.0. The molecule has 0 saturated carbocycles. The molecule has 0 aliphatic carbocycles. The van der Waals surface area contributed by atoms with Crippen molar-refractivity contribution in [3.63, 3.8) is 0 Å². The second kappa shape index (κ2) is 7.33. The molecule has 0 amide bonds. The molecule has 0 aliphatic heterocycles. The molecular weight excluding hydrogens is 237 g/mol. The lowest BCUT2D eigenvalue weighted by atomic mass is 10.4. The van der Waals surface area contributed by atoms with Crippen LogP contribution in [-0.2, 0) is 4.74 Å². The number of alkyl halides is 3. The van der Waals surface area contributed by atoms with Gasteiger partial charge in [-0.15, -0.1) is 0 Å². The number of hydrogen-bond acceptors (Lipinski definition) is 3. The number of nitrogens with two attached hydrogens (primary N) is 1. The molecule has 0 aromatic rings. The largest absolute Gasteiger partial charge is 0.406 e. The topological polar surface area (TPSA) is 62.9 Å². The number of ether oxygens (including phenoxy) is 1. The standard InChI is InChI=1S/C9H19F3N4O/c1-4-16(6-9(10,11)12)8(15-13)14-7(2)5-17-3/h7H,4-6,13H2,1-3H3,(H,14,15). The Balaban J connectivity index is 4.69. The second-order valence-electron chi connectivity index (χ2n) is 3.53. The highest BCUT2D eigenvalue weighted by atomic mass is 19.4. The molecule has 0 bridgehead atoms. The summed E-state index contributed by atoms with van der Waals surface area (Å²) in [6.45, 7) is 2.70. The van der Waals surface area contributed by atoms with E-state index >= 15 is 0 Å². The SMILES string of the molecule is CCN(CC(F)(F)F)C(=NC(C)COC)NN. The third-order valence-electron chi connectivity index (χ3n) is 1.93. The van der Waals surface area contributed by atoms with Gasteiger partial charge in [-0.25, -0.2) is 10.8 Å². The summed E-state index contributed by atoms with van der Waals surface area (Å²) in [7, 11) is 1.49. The van der Waals surface area contributed by atoms with Gasteiger partial charge in [0.25, 0.3) is 0 Å². The maximum atomic E-state index is 12.3. The fourth-order valence-electron chi connectivity index (χ4n) is 1.25. The molecule has 5 nitrogen and oxygen atoms in total. The van der Waals surface area contributed by atoms with Crippen LogP contribution in [-0.4, -0.2) is 49.9 Å². The highest BCUT2D eigenvalue weighted by molar-refractivity contribution is 5.79. The van der Waals surface area contributed by atoms with Gasteiger partial charge in [0, 0.05) is 13.7 Å². The Morgan fingerprint density at radius 1 is 1.53 bits per heavy atom. The van der Waals surface area contributed by atoms with E-state index < -0.39 is 12.7 Å². The van der Waals surface area contributed by atoms with E-state index in [1.165, 1.54) is 7.11 Å². The Morgan fingerprint density at radius 3 is 2.47 bits per heavy atom. The maximum absolute atomic E-state index is 12.3. The van der Waals surface area contributed by atoms with E-state index in [0.29, 0.717) is 6.61 Å².